The van der Waals surface area contributed by atoms with Gasteiger partial charge in [-0.2, -0.15) is 0 Å². The van der Waals surface area contributed by atoms with Gasteiger partial charge in [0.05, 0.1) is 43.5 Å². The number of carbonyl (C=O) groups is 1. The van der Waals surface area contributed by atoms with Crippen molar-refractivity contribution >= 4 is 11.9 Å². The third-order valence-corrected chi connectivity index (χ3v) is 8.61. The maximum absolute atomic E-state index is 13.1. The van der Waals surface area contributed by atoms with E-state index in [-0.39, 0.29) is 31.5 Å². The fourth-order valence-corrected chi connectivity index (χ4v) is 5.88. The first-order valence-electron chi connectivity index (χ1n) is 14.8. The Morgan fingerprint density at radius 1 is 0.955 bits per heavy atom. The second-order valence-corrected chi connectivity index (χ2v) is 11.9. The van der Waals surface area contributed by atoms with Crippen LogP contribution in [0.3, 0.4) is 0 Å². The van der Waals surface area contributed by atoms with E-state index in [2.05, 4.69) is 15.6 Å². The summed E-state index contributed by atoms with van der Waals surface area (Å²) in [6, 6.07) is -4.65. The van der Waals surface area contributed by atoms with E-state index < -0.39 is 97.5 Å². The number of aliphatic hydroxyl groups is 6. The highest BCUT2D eigenvalue weighted by Gasteiger charge is 2.61. The van der Waals surface area contributed by atoms with Crippen LogP contribution in [-0.2, 0) is 23.7 Å². The molecular formula is C25H48N8O11. The number of ether oxygens (including phenoxy) is 4. The van der Waals surface area contributed by atoms with Crippen molar-refractivity contribution in [3.8, 4) is 0 Å². The van der Waals surface area contributed by atoms with E-state index in [1.807, 2.05) is 0 Å². The summed E-state index contributed by atoms with van der Waals surface area (Å²) in [5.74, 6) is -1.14. The van der Waals surface area contributed by atoms with Gasteiger partial charge in [-0.1, -0.05) is 0 Å². The third kappa shape index (κ3) is 7.76. The van der Waals surface area contributed by atoms with E-state index in [9.17, 15) is 30.3 Å². The predicted molar refractivity (Wildman–Crippen MR) is 151 cm³/mol. The summed E-state index contributed by atoms with van der Waals surface area (Å²) in [5, 5.41) is 67.7. The number of hydrogen-bond donors (Lipinski definition) is 13. The molecule has 2 saturated heterocycles. The SMILES string of the molecule is NC(N)=NC1CC1(O)C(=O)NC1CC(N)C(OC2OC(CNCCO)CCC2N)C(O)C1OC1OC(CO)C(O)C(N)C1O. The van der Waals surface area contributed by atoms with Crippen LogP contribution in [0.5, 0.6) is 0 Å². The fraction of sp³-hybridized carbons (Fsp3) is 0.920. The normalized spacial score (nSPS) is 45.8. The van der Waals surface area contributed by atoms with Crippen molar-refractivity contribution in [2.45, 2.75) is 117 Å². The Morgan fingerprint density at radius 2 is 1.66 bits per heavy atom. The summed E-state index contributed by atoms with van der Waals surface area (Å²) in [4.78, 5) is 17.0. The van der Waals surface area contributed by atoms with E-state index in [4.69, 9.17) is 52.7 Å². The van der Waals surface area contributed by atoms with Crippen molar-refractivity contribution in [1.82, 2.24) is 10.6 Å². The topological polar surface area (TPSA) is 342 Å². The lowest BCUT2D eigenvalue weighted by atomic mass is 9.83. The standard InChI is InChI=1S/C25H48N8O11/c26-10-2-1-9(7-31-3-4-34)41-21(10)43-19-11(27)5-12(32-23(39)25(40)6-14(25)33-24(29)30)20(18(19)38)44-22-17(37)15(28)16(36)13(8-35)42-22/h9-22,31,34-38,40H,1-8,26-28H2,(H,32,39)(H4,29,30,33). The van der Waals surface area contributed by atoms with Gasteiger partial charge in [0.15, 0.2) is 24.1 Å². The van der Waals surface area contributed by atoms with Crippen LogP contribution in [-0.4, -0.2) is 160 Å². The van der Waals surface area contributed by atoms with Crippen LogP contribution in [0.25, 0.3) is 0 Å². The van der Waals surface area contributed by atoms with Crippen LogP contribution in [0, 0.1) is 0 Å². The molecule has 0 radical (unpaired) electrons. The van der Waals surface area contributed by atoms with Crippen molar-refractivity contribution in [3.05, 3.63) is 0 Å². The number of nitrogens with one attached hydrogen (secondary N) is 2. The van der Waals surface area contributed by atoms with Crippen LogP contribution in [0.1, 0.15) is 25.7 Å². The minimum atomic E-state index is -1.91. The molecule has 0 aromatic heterocycles. The highest BCUT2D eigenvalue weighted by atomic mass is 16.7. The Morgan fingerprint density at radius 3 is 2.32 bits per heavy atom. The van der Waals surface area contributed by atoms with Crippen molar-refractivity contribution in [1.29, 1.82) is 0 Å². The number of nitrogens with zero attached hydrogens (tertiary/aromatic N) is 1. The molecule has 19 heteroatoms. The maximum atomic E-state index is 13.1. The van der Waals surface area contributed by atoms with Gasteiger partial charge in [0.1, 0.15) is 36.6 Å². The Hall–Kier alpha value is -1.82. The second kappa shape index (κ2) is 14.7. The number of hydrogen-bond acceptors (Lipinski definition) is 16. The summed E-state index contributed by atoms with van der Waals surface area (Å²) in [6.45, 7) is 0.133. The van der Waals surface area contributed by atoms with Gasteiger partial charge >= 0.3 is 0 Å². The molecule has 254 valence electrons. The predicted octanol–water partition coefficient (Wildman–Crippen LogP) is -7.71. The number of aliphatic hydroxyl groups excluding tert-OH is 5. The smallest absolute Gasteiger partial charge is 0.254 e. The number of aliphatic imine (C=N–C) groups is 1. The van der Waals surface area contributed by atoms with Crippen LogP contribution in [0.4, 0.5) is 0 Å². The maximum Gasteiger partial charge on any atom is 0.254 e. The number of carbonyl (C=O) groups excluding carboxylic acids is 1. The zero-order valence-corrected chi connectivity index (χ0v) is 24.3. The van der Waals surface area contributed by atoms with Gasteiger partial charge in [-0.3, -0.25) is 4.79 Å². The molecule has 4 fully saturated rings. The molecule has 44 heavy (non-hydrogen) atoms. The average molecular weight is 637 g/mol. The molecule has 2 saturated carbocycles. The van der Waals surface area contributed by atoms with Gasteiger partial charge in [0, 0.05) is 25.6 Å². The molecule has 2 aliphatic heterocycles. The van der Waals surface area contributed by atoms with E-state index in [0.29, 0.717) is 25.9 Å². The molecule has 2 heterocycles. The Bertz CT molecular complexity index is 996. The zero-order valence-electron chi connectivity index (χ0n) is 24.3. The molecule has 15 atom stereocenters. The Kier molecular flexibility index (Phi) is 11.7. The number of nitrogens with two attached hydrogens (primary N) is 5. The first kappa shape index (κ1) is 35.0. The monoisotopic (exact) mass is 636 g/mol. The average Bonchev–Trinajstić information content (AvgIpc) is 3.63. The molecule has 1 amide bonds. The second-order valence-electron chi connectivity index (χ2n) is 11.9. The first-order valence-corrected chi connectivity index (χ1v) is 14.8. The van der Waals surface area contributed by atoms with E-state index in [1.54, 1.807) is 0 Å². The van der Waals surface area contributed by atoms with E-state index >= 15 is 0 Å². The molecule has 0 bridgehead atoms. The van der Waals surface area contributed by atoms with Gasteiger partial charge < -0.3 is 88.9 Å². The first-order chi connectivity index (χ1) is 20.8. The lowest BCUT2D eigenvalue weighted by Gasteiger charge is -2.48. The highest BCUT2D eigenvalue weighted by Crippen LogP contribution is 2.40. The molecule has 18 N–H and O–H groups in total. The summed E-state index contributed by atoms with van der Waals surface area (Å²) in [7, 11) is 0. The molecule has 4 rings (SSSR count). The van der Waals surface area contributed by atoms with Gasteiger partial charge in [-0.05, 0) is 19.3 Å². The Balaban J connectivity index is 1.52. The lowest BCUT2D eigenvalue weighted by Crippen LogP contribution is -2.69. The summed E-state index contributed by atoms with van der Waals surface area (Å²) in [5.41, 5.74) is 27.5. The van der Waals surface area contributed by atoms with Crippen LogP contribution >= 0.6 is 0 Å². The Labute approximate surface area is 254 Å². The zero-order chi connectivity index (χ0) is 32.3. The summed E-state index contributed by atoms with van der Waals surface area (Å²) < 4.78 is 23.7. The fourth-order valence-electron chi connectivity index (χ4n) is 5.88. The molecule has 0 spiro atoms. The number of rotatable bonds is 12. The quantitative estimate of drug-likeness (QED) is 0.0537. The van der Waals surface area contributed by atoms with Gasteiger partial charge in [0.2, 0.25) is 0 Å². The van der Waals surface area contributed by atoms with Gasteiger partial charge in [0.25, 0.3) is 5.91 Å². The lowest BCUT2D eigenvalue weighted by molar-refractivity contribution is -0.314. The van der Waals surface area contributed by atoms with Crippen molar-refractivity contribution in [2.75, 3.05) is 26.3 Å². The largest absolute Gasteiger partial charge is 0.395 e. The highest BCUT2D eigenvalue weighted by molar-refractivity contribution is 5.90. The van der Waals surface area contributed by atoms with Crippen molar-refractivity contribution < 1.29 is 54.4 Å². The molecule has 4 aliphatic rings. The molecule has 2 aliphatic carbocycles. The van der Waals surface area contributed by atoms with E-state index in [1.165, 1.54) is 0 Å². The van der Waals surface area contributed by atoms with Gasteiger partial charge in [-0.15, -0.1) is 0 Å². The summed E-state index contributed by atoms with van der Waals surface area (Å²) >= 11 is 0. The van der Waals surface area contributed by atoms with Crippen molar-refractivity contribution in [2.24, 2.45) is 33.7 Å². The van der Waals surface area contributed by atoms with Crippen LogP contribution in [0.2, 0.25) is 0 Å². The molecular weight excluding hydrogens is 588 g/mol. The molecule has 19 nitrogen and oxygen atoms in total. The number of amides is 1. The molecule has 0 aromatic carbocycles. The van der Waals surface area contributed by atoms with Crippen LogP contribution in [0.15, 0.2) is 4.99 Å². The molecule has 0 aromatic rings. The van der Waals surface area contributed by atoms with E-state index in [0.717, 1.165) is 0 Å². The minimum Gasteiger partial charge on any atom is -0.395 e. The minimum absolute atomic E-state index is 0.0362. The van der Waals surface area contributed by atoms with Crippen LogP contribution < -0.4 is 39.3 Å². The number of guanidine groups is 1. The molecule has 15 unspecified atom stereocenters. The van der Waals surface area contributed by atoms with Crippen molar-refractivity contribution in [3.63, 3.8) is 0 Å². The summed E-state index contributed by atoms with van der Waals surface area (Å²) in [6.07, 6.45) is -9.97. The third-order valence-electron chi connectivity index (χ3n) is 8.61. The van der Waals surface area contributed by atoms with Gasteiger partial charge in [-0.25, -0.2) is 4.99 Å².